The first-order valence-electron chi connectivity index (χ1n) is 20.2. The van der Waals surface area contributed by atoms with E-state index in [9.17, 15) is 0 Å². The predicted molar refractivity (Wildman–Crippen MR) is 251 cm³/mol. The van der Waals surface area contributed by atoms with Crippen LogP contribution in [0.4, 0.5) is 28.4 Å². The van der Waals surface area contributed by atoms with Crippen LogP contribution >= 0.6 is 0 Å². The first kappa shape index (κ1) is 34.9. The Bertz CT molecular complexity index is 3310. The lowest BCUT2D eigenvalue weighted by molar-refractivity contribution is 0.414. The highest BCUT2D eigenvalue weighted by Crippen LogP contribution is 2.52. The van der Waals surface area contributed by atoms with Crippen molar-refractivity contribution in [1.82, 2.24) is 0 Å². The van der Waals surface area contributed by atoms with Crippen LogP contribution in [0.5, 0.6) is 11.5 Å². The first-order chi connectivity index (χ1) is 28.9. The van der Waals surface area contributed by atoms with E-state index >= 15 is 0 Å². The summed E-state index contributed by atoms with van der Waals surface area (Å²) in [6, 6.07) is 59.3. The molecule has 11 rings (SSSR count). The average molecular weight is 763 g/mol. The van der Waals surface area contributed by atoms with Crippen molar-refractivity contribution < 1.29 is 9.47 Å². The molecule has 284 valence electrons. The minimum Gasteiger partial charge on any atom is -0.497 e. The Morgan fingerprint density at radius 2 is 0.847 bits per heavy atom. The van der Waals surface area contributed by atoms with Crippen molar-refractivity contribution in [2.45, 2.75) is 13.8 Å². The molecule has 0 amide bonds. The van der Waals surface area contributed by atoms with Crippen molar-refractivity contribution >= 4 is 93.1 Å². The number of aryl methyl sites for hydroxylation is 2. The highest BCUT2D eigenvalue weighted by atomic mass is 16.5. The van der Waals surface area contributed by atoms with Gasteiger partial charge in [-0.2, -0.15) is 0 Å². The molecule has 0 bridgehead atoms. The largest absolute Gasteiger partial charge is 0.497 e. The van der Waals surface area contributed by atoms with Crippen LogP contribution < -0.4 is 19.3 Å². The molecular formula is C55H42N2O2. The molecule has 4 heteroatoms. The van der Waals surface area contributed by atoms with Gasteiger partial charge < -0.3 is 19.3 Å². The highest BCUT2D eigenvalue weighted by Gasteiger charge is 2.25. The number of anilines is 5. The molecule has 0 atom stereocenters. The number of para-hydroxylation sites is 1. The zero-order chi connectivity index (χ0) is 39.9. The molecule has 11 aromatic rings. The van der Waals surface area contributed by atoms with Crippen molar-refractivity contribution in [2.24, 2.45) is 0 Å². The van der Waals surface area contributed by atoms with Gasteiger partial charge >= 0.3 is 0 Å². The highest BCUT2D eigenvalue weighted by molar-refractivity contribution is 6.41. The maximum atomic E-state index is 5.54. The van der Waals surface area contributed by atoms with Gasteiger partial charge in [0.1, 0.15) is 11.5 Å². The first-order valence-corrected chi connectivity index (χ1v) is 20.2. The van der Waals surface area contributed by atoms with Gasteiger partial charge in [0, 0.05) is 35.2 Å². The van der Waals surface area contributed by atoms with Crippen LogP contribution in [0.15, 0.2) is 164 Å². The average Bonchev–Trinajstić information content (AvgIpc) is 3.82. The number of hydrogen-bond acceptors (Lipinski definition) is 4. The summed E-state index contributed by atoms with van der Waals surface area (Å²) in [5.41, 5.74) is 10.7. The summed E-state index contributed by atoms with van der Waals surface area (Å²) >= 11 is 0. The summed E-state index contributed by atoms with van der Waals surface area (Å²) in [6.45, 7) is 4.70. The van der Waals surface area contributed by atoms with Gasteiger partial charge in [-0.3, -0.25) is 0 Å². The summed E-state index contributed by atoms with van der Waals surface area (Å²) in [4.78, 5) is 4.60. The molecule has 0 heterocycles. The Morgan fingerprint density at radius 3 is 1.46 bits per heavy atom. The quantitative estimate of drug-likeness (QED) is 0.154. The van der Waals surface area contributed by atoms with Gasteiger partial charge in [0.2, 0.25) is 0 Å². The minimum absolute atomic E-state index is 0.841. The fraction of sp³-hybridized carbons (Fsp3) is 0.0909. The van der Waals surface area contributed by atoms with Gasteiger partial charge in [-0.25, -0.2) is 0 Å². The molecule has 0 unspecified atom stereocenters. The fourth-order valence-electron chi connectivity index (χ4n) is 10.00. The third kappa shape index (κ3) is 5.16. The van der Waals surface area contributed by atoms with E-state index in [1.54, 1.807) is 14.2 Å². The van der Waals surface area contributed by atoms with E-state index in [1.165, 1.54) is 86.9 Å². The molecule has 0 N–H and O–H groups in total. The topological polar surface area (TPSA) is 24.9 Å². The van der Waals surface area contributed by atoms with Gasteiger partial charge in [0.05, 0.1) is 19.9 Å². The smallest absolute Gasteiger partial charge is 0.119 e. The standard InChI is InChI=1S/C55H42N2O2/c1-33-50-45-18-10-16-43-42(35-12-9-15-39(32-35)56(3)36-20-24-40(58-4)25-21-36)28-29-47(54(43)45)52(50)34(2)51-46-19-11-17-44-49(31-30-48(53(33)51)55(44)46)57(37-13-7-6-8-14-37)38-22-26-41(59-5)27-23-38/h6-32H,1-5H3. The van der Waals surface area contributed by atoms with Crippen molar-refractivity contribution in [1.29, 1.82) is 0 Å². The summed E-state index contributed by atoms with van der Waals surface area (Å²) in [7, 11) is 5.54. The summed E-state index contributed by atoms with van der Waals surface area (Å²) < 4.78 is 10.9. The zero-order valence-electron chi connectivity index (χ0n) is 33.8. The van der Waals surface area contributed by atoms with Crippen molar-refractivity contribution in [3.05, 3.63) is 175 Å². The zero-order valence-corrected chi connectivity index (χ0v) is 33.8. The Hall–Kier alpha value is -7.30. The molecule has 0 saturated heterocycles. The van der Waals surface area contributed by atoms with Gasteiger partial charge in [0.15, 0.2) is 0 Å². The second-order valence-corrected chi connectivity index (χ2v) is 15.7. The van der Waals surface area contributed by atoms with Gasteiger partial charge in [-0.05, 0) is 174 Å². The van der Waals surface area contributed by atoms with Crippen LogP contribution in [0.1, 0.15) is 11.1 Å². The lowest BCUT2D eigenvalue weighted by Gasteiger charge is -2.27. The molecule has 0 fully saturated rings. The van der Waals surface area contributed by atoms with Gasteiger partial charge in [-0.15, -0.1) is 0 Å². The molecule has 11 aromatic carbocycles. The lowest BCUT2D eigenvalue weighted by atomic mass is 9.95. The van der Waals surface area contributed by atoms with Crippen LogP contribution in [0.3, 0.4) is 0 Å². The van der Waals surface area contributed by atoms with Crippen LogP contribution in [0.2, 0.25) is 0 Å². The number of rotatable bonds is 8. The summed E-state index contributed by atoms with van der Waals surface area (Å²) in [6.07, 6.45) is 0. The van der Waals surface area contributed by atoms with E-state index in [0.717, 1.165) is 39.9 Å². The molecule has 59 heavy (non-hydrogen) atoms. The fourth-order valence-corrected chi connectivity index (χ4v) is 10.00. The van der Waals surface area contributed by atoms with Crippen LogP contribution in [0, 0.1) is 13.8 Å². The molecule has 4 nitrogen and oxygen atoms in total. The SMILES string of the molecule is COc1ccc(N(C)c2cccc(-c3ccc4c5c(C)c6c7cccc8c(N(c9ccccc9)c9ccc(OC)cc9)ccc(c6c(C)c5c5cccc3c45)c87)c2)cc1. The number of benzene rings is 9. The molecule has 0 spiro atoms. The van der Waals surface area contributed by atoms with E-state index in [1.807, 2.05) is 24.3 Å². The molecule has 0 aliphatic carbocycles. The normalized spacial score (nSPS) is 11.8. The number of fused-ring (bicyclic) bond motifs is 6. The second kappa shape index (κ2) is 13.4. The Balaban J connectivity index is 1.11. The molecule has 0 aromatic heterocycles. The summed E-state index contributed by atoms with van der Waals surface area (Å²) in [5, 5.41) is 15.9. The molecule has 0 radical (unpaired) electrons. The van der Waals surface area contributed by atoms with Crippen molar-refractivity contribution in [3.8, 4) is 22.6 Å². The van der Waals surface area contributed by atoms with Gasteiger partial charge in [-0.1, -0.05) is 84.9 Å². The predicted octanol–water partition coefficient (Wildman–Crippen LogP) is 15.0. The molecule has 0 saturated carbocycles. The van der Waals surface area contributed by atoms with Crippen LogP contribution in [-0.2, 0) is 0 Å². The third-order valence-corrected chi connectivity index (χ3v) is 12.7. The third-order valence-electron chi connectivity index (χ3n) is 12.7. The number of hydrogen-bond donors (Lipinski definition) is 0. The Morgan fingerprint density at radius 1 is 0.373 bits per heavy atom. The summed E-state index contributed by atoms with van der Waals surface area (Å²) in [5.74, 6) is 1.69. The minimum atomic E-state index is 0.841. The number of nitrogens with zero attached hydrogens (tertiary/aromatic N) is 2. The van der Waals surface area contributed by atoms with E-state index in [2.05, 4.69) is 170 Å². The van der Waals surface area contributed by atoms with Crippen LogP contribution in [0.25, 0.3) is 75.8 Å². The molecular weight excluding hydrogens is 721 g/mol. The van der Waals surface area contributed by atoms with E-state index < -0.39 is 0 Å². The number of ether oxygens (including phenoxy) is 2. The van der Waals surface area contributed by atoms with Gasteiger partial charge in [0.25, 0.3) is 0 Å². The maximum absolute atomic E-state index is 5.54. The van der Waals surface area contributed by atoms with Crippen molar-refractivity contribution in [2.75, 3.05) is 31.1 Å². The molecule has 0 aliphatic rings. The van der Waals surface area contributed by atoms with E-state index in [-0.39, 0.29) is 0 Å². The van der Waals surface area contributed by atoms with Crippen molar-refractivity contribution in [3.63, 3.8) is 0 Å². The lowest BCUT2D eigenvalue weighted by Crippen LogP contribution is -2.10. The van der Waals surface area contributed by atoms with E-state index in [0.29, 0.717) is 0 Å². The Kier molecular flexibility index (Phi) is 7.92. The molecule has 0 aliphatic heterocycles. The Labute approximate surface area is 343 Å². The monoisotopic (exact) mass is 762 g/mol. The maximum Gasteiger partial charge on any atom is 0.119 e. The second-order valence-electron chi connectivity index (χ2n) is 15.7. The van der Waals surface area contributed by atoms with Crippen LogP contribution in [-0.4, -0.2) is 21.3 Å². The number of methoxy groups -OCH3 is 2. The van der Waals surface area contributed by atoms with E-state index in [4.69, 9.17) is 9.47 Å².